The number of aliphatic hydroxyl groups is 3. The van der Waals surface area contributed by atoms with Gasteiger partial charge < -0.3 is 53.5 Å². The summed E-state index contributed by atoms with van der Waals surface area (Å²) in [5.74, 6) is 1.01. The van der Waals surface area contributed by atoms with Crippen LogP contribution in [0.3, 0.4) is 0 Å². The van der Waals surface area contributed by atoms with Gasteiger partial charge in [-0.25, -0.2) is 4.79 Å². The summed E-state index contributed by atoms with van der Waals surface area (Å²) in [7, 11) is 9.24. The summed E-state index contributed by atoms with van der Waals surface area (Å²) in [6.07, 6.45) is 9.74. The first-order valence-electron chi connectivity index (χ1n) is 25.5. The van der Waals surface area contributed by atoms with Crippen molar-refractivity contribution in [2.24, 2.45) is 46.3 Å². The molecule has 0 bridgehead atoms. The molecular weight excluding hydrogens is 925 g/mol. The zero-order valence-electron chi connectivity index (χ0n) is 42.9. The third kappa shape index (κ3) is 8.61. The Morgan fingerprint density at radius 2 is 1.65 bits per heavy atom. The number of benzene rings is 2. The summed E-state index contributed by atoms with van der Waals surface area (Å²) in [5.41, 5.74) is 3.03. The van der Waals surface area contributed by atoms with E-state index < -0.39 is 53.6 Å². The minimum absolute atomic E-state index is 0.00438. The number of carbonyl (C=O) groups excluding carboxylic acids is 4. The van der Waals surface area contributed by atoms with Gasteiger partial charge in [0.05, 0.1) is 53.6 Å². The second-order valence-corrected chi connectivity index (χ2v) is 21.7. The van der Waals surface area contributed by atoms with Crippen LogP contribution in [0.25, 0.3) is 17.0 Å². The van der Waals surface area contributed by atoms with Gasteiger partial charge in [-0.05, 0) is 140 Å². The Morgan fingerprint density at radius 3 is 2.32 bits per heavy atom. The van der Waals surface area contributed by atoms with Gasteiger partial charge in [0.25, 0.3) is 0 Å². The van der Waals surface area contributed by atoms with E-state index >= 15 is 0 Å². The van der Waals surface area contributed by atoms with Crippen LogP contribution in [0.4, 0.5) is 0 Å². The van der Waals surface area contributed by atoms with Crippen molar-refractivity contribution >= 4 is 40.5 Å². The number of esters is 2. The van der Waals surface area contributed by atoms with E-state index in [0.717, 1.165) is 62.9 Å². The van der Waals surface area contributed by atoms with Crippen LogP contribution in [0, 0.1) is 46.3 Å². The summed E-state index contributed by atoms with van der Waals surface area (Å²) in [6.45, 7) is 5.16. The molecule has 0 spiro atoms. The number of Topliss-reactive ketones (excluding diaryl/α,β-unsaturated/α-hetero) is 1. The average Bonchev–Trinajstić information content (AvgIpc) is 3.89. The van der Waals surface area contributed by atoms with Gasteiger partial charge >= 0.3 is 11.9 Å². The molecule has 1 aromatic heterocycles. The Kier molecular flexibility index (Phi) is 14.5. The standard InChI is InChI=1S/C35H42N2O9.C21H30O5/c1-40-21-8-9-22-23-11-12-37-18-20-15-29(46-30(38)10-7-19-13-27(41-2)33(43-4)28(14-19)42-3)34(44-5)31(35(39)45-6)24(20)17-26(37)32(23)36-25(22)16-21;1-19-7-5-13(23)9-12(19)3-4-14-15-6-8-21(26,17(25)11-22)20(15,2)10-16(24)18(14)19/h7-10,13-14,16,20,24,26,29,31,34,36H,11-12,15,17-18H2,1-6H3;9,14-16,18,22,24,26H,3-8,10-11H2,1-2H3/b10-7+;/t20-,24+,26-,29-,31+,34+;14-,15-,16-,18+,19-,20-,21-/m10/s1. The number of hydrogen-bond donors (Lipinski definition) is 4. The molecule has 2 aromatic carbocycles. The SMILES string of the molecule is COC(=O)[C@H]1[C@H]2C[C@@H]3c4[nH]c5cc(OC)ccc5c4CCN3C[C@H]2C[C@@H](OC(=O)/C=C/c2cc(OC)c(OC)c(OC)c2)[C@@H]1OC.C[C@]12CCC(=O)C=C1CC[C@@H]1[C@@H]2[C@@H](O)C[C@@]2(C)[C@H]1CC[C@]2(O)C(=O)CO. The number of aliphatic hydroxyl groups excluding tert-OH is 2. The van der Waals surface area contributed by atoms with Crippen LogP contribution >= 0.6 is 0 Å². The van der Waals surface area contributed by atoms with E-state index in [4.69, 9.17) is 33.2 Å². The Bertz CT molecular complexity index is 2620. The monoisotopic (exact) mass is 996 g/mol. The highest BCUT2D eigenvalue weighted by atomic mass is 16.6. The van der Waals surface area contributed by atoms with Gasteiger partial charge in [-0.3, -0.25) is 19.3 Å². The zero-order valence-corrected chi connectivity index (χ0v) is 42.9. The molecule has 0 amide bonds. The number of aromatic amines is 1. The molecule has 3 aromatic rings. The van der Waals surface area contributed by atoms with Crippen molar-refractivity contribution in [2.45, 2.75) is 108 Å². The number of nitrogens with zero attached hydrogens (tertiary/aromatic N) is 1. The lowest BCUT2D eigenvalue weighted by atomic mass is 9.45. The molecule has 4 N–H and O–H groups in total. The largest absolute Gasteiger partial charge is 0.497 e. The fourth-order valence-electron chi connectivity index (χ4n) is 15.2. The molecule has 0 unspecified atom stereocenters. The van der Waals surface area contributed by atoms with Gasteiger partial charge in [-0.15, -0.1) is 0 Å². The van der Waals surface area contributed by atoms with Gasteiger partial charge in [0, 0.05) is 60.8 Å². The van der Waals surface area contributed by atoms with Gasteiger partial charge in [-0.1, -0.05) is 19.4 Å². The molecule has 5 fully saturated rings. The fourth-order valence-corrected chi connectivity index (χ4v) is 15.2. The van der Waals surface area contributed by atoms with E-state index in [1.165, 1.54) is 56.7 Å². The second kappa shape index (κ2) is 20.2. The zero-order chi connectivity index (χ0) is 51.4. The smallest absolute Gasteiger partial charge is 0.331 e. The molecule has 4 saturated carbocycles. The number of piperidine rings is 1. The van der Waals surface area contributed by atoms with Gasteiger partial charge in [0.15, 0.2) is 23.1 Å². The maximum absolute atomic E-state index is 13.4. The average molecular weight is 997 g/mol. The lowest BCUT2D eigenvalue weighted by molar-refractivity contribution is -0.187. The van der Waals surface area contributed by atoms with Crippen molar-refractivity contribution in [3.05, 3.63) is 64.9 Å². The maximum Gasteiger partial charge on any atom is 0.331 e. The first-order valence-corrected chi connectivity index (χ1v) is 25.5. The lowest BCUT2D eigenvalue weighted by Gasteiger charge is -2.60. The molecule has 5 aliphatic carbocycles. The highest BCUT2D eigenvalue weighted by molar-refractivity contribution is 5.92. The highest BCUT2D eigenvalue weighted by Crippen LogP contribution is 2.67. The minimum atomic E-state index is -1.54. The van der Waals surface area contributed by atoms with E-state index in [0.29, 0.717) is 48.5 Å². The number of ketones is 2. The normalized spacial score (nSPS) is 34.7. The van der Waals surface area contributed by atoms with Gasteiger partial charge in [-0.2, -0.15) is 0 Å². The van der Waals surface area contributed by atoms with Crippen LogP contribution in [0.1, 0.15) is 94.5 Å². The van der Waals surface area contributed by atoms with Crippen molar-refractivity contribution in [3.8, 4) is 23.0 Å². The Balaban J connectivity index is 0.000000207. The molecule has 7 aliphatic rings. The van der Waals surface area contributed by atoms with E-state index in [2.05, 4.69) is 22.9 Å². The molecular formula is C56H72N2O14. The molecule has 10 rings (SSSR count). The molecule has 13 atom stereocenters. The lowest BCUT2D eigenvalue weighted by Crippen LogP contribution is -2.62. The van der Waals surface area contributed by atoms with Crippen LogP contribution in [-0.4, -0.2) is 135 Å². The van der Waals surface area contributed by atoms with E-state index in [1.54, 1.807) is 38.5 Å². The number of aromatic nitrogens is 1. The molecule has 2 aliphatic heterocycles. The predicted octanol–water partition coefficient (Wildman–Crippen LogP) is 6.35. The topological polar surface area (TPSA) is 213 Å². The minimum Gasteiger partial charge on any atom is -0.497 e. The molecule has 3 heterocycles. The summed E-state index contributed by atoms with van der Waals surface area (Å²) in [6, 6.07) is 9.78. The molecule has 0 radical (unpaired) electrons. The quantitative estimate of drug-likeness (QED) is 0.122. The Hall–Kier alpha value is -5.26. The highest BCUT2D eigenvalue weighted by Gasteiger charge is 2.68. The second-order valence-electron chi connectivity index (χ2n) is 21.7. The van der Waals surface area contributed by atoms with Crippen molar-refractivity contribution < 1.29 is 67.7 Å². The van der Waals surface area contributed by atoms with Crippen molar-refractivity contribution in [1.82, 2.24) is 9.88 Å². The number of methoxy groups -OCH3 is 6. The van der Waals surface area contributed by atoms with Crippen LogP contribution in [-0.2, 0) is 39.8 Å². The number of H-pyrrole nitrogens is 1. The third-order valence-electron chi connectivity index (χ3n) is 18.6. The fraction of sp³-hybridized carbons (Fsp3) is 0.607. The van der Waals surface area contributed by atoms with Crippen molar-refractivity contribution in [2.75, 3.05) is 62.4 Å². The first kappa shape index (κ1) is 51.6. The number of carbonyl (C=O) groups is 4. The summed E-state index contributed by atoms with van der Waals surface area (Å²) >= 11 is 0. The number of allylic oxidation sites excluding steroid dienone is 1. The van der Waals surface area contributed by atoms with Gasteiger partial charge in [0.2, 0.25) is 5.75 Å². The maximum atomic E-state index is 13.4. The molecule has 16 heteroatoms. The number of rotatable bonds is 11. The van der Waals surface area contributed by atoms with Crippen LogP contribution in [0.15, 0.2) is 48.1 Å². The number of ether oxygens (including phenoxy) is 7. The number of hydrogen-bond acceptors (Lipinski definition) is 15. The number of nitrogens with one attached hydrogen (secondary N) is 1. The van der Waals surface area contributed by atoms with Gasteiger partial charge in [0.1, 0.15) is 30.2 Å². The van der Waals surface area contributed by atoms with E-state index in [1.807, 2.05) is 19.1 Å². The summed E-state index contributed by atoms with van der Waals surface area (Å²) < 4.78 is 39.0. The first-order chi connectivity index (χ1) is 34.5. The third-order valence-corrected chi connectivity index (χ3v) is 18.6. The molecule has 72 heavy (non-hydrogen) atoms. The predicted molar refractivity (Wildman–Crippen MR) is 266 cm³/mol. The Labute approximate surface area is 421 Å². The van der Waals surface area contributed by atoms with Crippen molar-refractivity contribution in [3.63, 3.8) is 0 Å². The van der Waals surface area contributed by atoms with Crippen LogP contribution in [0.5, 0.6) is 23.0 Å². The molecule has 1 saturated heterocycles. The van der Waals surface area contributed by atoms with Crippen LogP contribution < -0.4 is 18.9 Å². The van der Waals surface area contributed by atoms with Crippen LogP contribution in [0.2, 0.25) is 0 Å². The Morgan fingerprint density at radius 1 is 0.903 bits per heavy atom. The molecule has 390 valence electrons. The van der Waals surface area contributed by atoms with E-state index in [-0.39, 0.29) is 52.8 Å². The van der Waals surface area contributed by atoms with Crippen molar-refractivity contribution in [1.29, 1.82) is 0 Å². The summed E-state index contributed by atoms with van der Waals surface area (Å²) in [5, 5.41) is 32.9. The summed E-state index contributed by atoms with van der Waals surface area (Å²) in [4.78, 5) is 57.0. The number of fused-ring (bicyclic) bond motifs is 11. The molecule has 16 nitrogen and oxygen atoms in total. The van der Waals surface area contributed by atoms with E-state index in [9.17, 15) is 34.5 Å².